The number of nitrogens with zero attached hydrogens (tertiary/aromatic N) is 1. The molecule has 6 heteroatoms. The quantitative estimate of drug-likeness (QED) is 0.525. The van der Waals surface area contributed by atoms with E-state index in [0.717, 1.165) is 19.3 Å². The van der Waals surface area contributed by atoms with Gasteiger partial charge < -0.3 is 9.84 Å². The minimum Gasteiger partial charge on any atom is -0.481 e. The maximum absolute atomic E-state index is 11.0. The van der Waals surface area contributed by atoms with Gasteiger partial charge in [-0.1, -0.05) is 24.4 Å². The lowest BCUT2D eigenvalue weighted by Gasteiger charge is -2.21. The van der Waals surface area contributed by atoms with Crippen molar-refractivity contribution in [2.24, 2.45) is 0 Å². The van der Waals surface area contributed by atoms with Gasteiger partial charge in [-0.15, -0.1) is 0 Å². The van der Waals surface area contributed by atoms with Crippen molar-refractivity contribution in [3.8, 4) is 5.75 Å². The largest absolute Gasteiger partial charge is 0.481 e. The van der Waals surface area contributed by atoms with Crippen molar-refractivity contribution in [3.63, 3.8) is 0 Å². The minimum atomic E-state index is -0.571. The number of halogens is 1. The highest BCUT2D eigenvalue weighted by atomic mass is 35.5. The fourth-order valence-corrected chi connectivity index (χ4v) is 2.45. The van der Waals surface area contributed by atoms with Crippen LogP contribution in [0.3, 0.4) is 0 Å². The van der Waals surface area contributed by atoms with E-state index in [1.807, 2.05) is 0 Å². The molecule has 1 saturated carbocycles. The van der Waals surface area contributed by atoms with Crippen molar-refractivity contribution in [3.05, 3.63) is 33.3 Å². The summed E-state index contributed by atoms with van der Waals surface area (Å²) in [4.78, 5) is 10.4. The summed E-state index contributed by atoms with van der Waals surface area (Å²) in [6.45, 7) is 0. The fourth-order valence-electron chi connectivity index (χ4n) is 2.29. The SMILES string of the molecule is O=[N+]([O-])c1cc(Cl)ccc1OC1CCCCCC1O. The normalized spacial score (nSPS) is 23.7. The molecule has 2 unspecified atom stereocenters. The summed E-state index contributed by atoms with van der Waals surface area (Å²) in [7, 11) is 0. The Balaban J connectivity index is 2.19. The lowest BCUT2D eigenvalue weighted by atomic mass is 10.1. The molecule has 1 aliphatic rings. The number of nitro benzene ring substituents is 1. The first-order valence-electron chi connectivity index (χ1n) is 6.36. The third kappa shape index (κ3) is 3.58. The van der Waals surface area contributed by atoms with Crippen molar-refractivity contribution in [2.75, 3.05) is 0 Å². The van der Waals surface area contributed by atoms with Crippen molar-refractivity contribution in [1.82, 2.24) is 0 Å². The number of nitro groups is 1. The van der Waals surface area contributed by atoms with E-state index in [1.54, 1.807) is 6.07 Å². The van der Waals surface area contributed by atoms with Gasteiger partial charge >= 0.3 is 5.69 Å². The molecular weight excluding hydrogens is 270 g/mol. The van der Waals surface area contributed by atoms with Gasteiger partial charge in [0.2, 0.25) is 0 Å². The van der Waals surface area contributed by atoms with Crippen LogP contribution in [0.4, 0.5) is 5.69 Å². The number of ether oxygens (including phenoxy) is 1. The molecule has 0 amide bonds. The Morgan fingerprint density at radius 1 is 1.32 bits per heavy atom. The molecule has 0 aliphatic heterocycles. The van der Waals surface area contributed by atoms with E-state index in [-0.39, 0.29) is 17.5 Å². The molecule has 0 heterocycles. The Kier molecular flexibility index (Phi) is 4.61. The van der Waals surface area contributed by atoms with Crippen LogP contribution in [0.5, 0.6) is 5.75 Å². The van der Waals surface area contributed by atoms with Gasteiger partial charge in [0.25, 0.3) is 0 Å². The second kappa shape index (κ2) is 6.21. The van der Waals surface area contributed by atoms with Crippen molar-refractivity contribution in [1.29, 1.82) is 0 Å². The van der Waals surface area contributed by atoms with Crippen LogP contribution >= 0.6 is 11.6 Å². The Morgan fingerprint density at radius 3 is 2.79 bits per heavy atom. The van der Waals surface area contributed by atoms with Crippen LogP contribution < -0.4 is 4.74 Å². The average molecular weight is 286 g/mol. The summed E-state index contributed by atoms with van der Waals surface area (Å²) in [5, 5.41) is 21.2. The molecule has 1 N–H and O–H groups in total. The molecule has 19 heavy (non-hydrogen) atoms. The highest BCUT2D eigenvalue weighted by molar-refractivity contribution is 6.30. The van der Waals surface area contributed by atoms with Gasteiger partial charge in [-0.05, 0) is 31.4 Å². The van der Waals surface area contributed by atoms with E-state index in [2.05, 4.69) is 0 Å². The van der Waals surface area contributed by atoms with Gasteiger partial charge in [-0.2, -0.15) is 0 Å². The standard InChI is InChI=1S/C13H16ClNO4/c14-9-6-7-12(10(8-9)15(17)18)19-13-5-3-1-2-4-11(13)16/h6-8,11,13,16H,1-5H2. The second-order valence-electron chi connectivity index (χ2n) is 4.73. The molecule has 2 rings (SSSR count). The number of hydrogen-bond donors (Lipinski definition) is 1. The summed E-state index contributed by atoms with van der Waals surface area (Å²) in [5.41, 5.74) is -0.163. The molecule has 0 radical (unpaired) electrons. The van der Waals surface area contributed by atoms with Crippen LogP contribution in [0, 0.1) is 10.1 Å². The van der Waals surface area contributed by atoms with Crippen LogP contribution in [0.15, 0.2) is 18.2 Å². The molecule has 5 nitrogen and oxygen atoms in total. The molecule has 0 aromatic heterocycles. The summed E-state index contributed by atoms with van der Waals surface area (Å²) >= 11 is 5.75. The van der Waals surface area contributed by atoms with Crippen LogP contribution in [-0.2, 0) is 0 Å². The third-order valence-electron chi connectivity index (χ3n) is 3.31. The van der Waals surface area contributed by atoms with Crippen molar-refractivity contribution in [2.45, 2.75) is 44.3 Å². The predicted octanol–water partition coefficient (Wildman–Crippen LogP) is 3.32. The molecule has 0 saturated heterocycles. The first-order valence-corrected chi connectivity index (χ1v) is 6.74. The maximum Gasteiger partial charge on any atom is 0.312 e. The van der Waals surface area contributed by atoms with Gasteiger partial charge in [0.1, 0.15) is 6.10 Å². The number of rotatable bonds is 3. The number of hydrogen-bond acceptors (Lipinski definition) is 4. The Bertz CT molecular complexity index is 466. The topological polar surface area (TPSA) is 72.6 Å². The van der Waals surface area contributed by atoms with Crippen molar-refractivity contribution >= 4 is 17.3 Å². The molecule has 1 aliphatic carbocycles. The monoisotopic (exact) mass is 285 g/mol. The molecule has 0 spiro atoms. The van der Waals surface area contributed by atoms with E-state index >= 15 is 0 Å². The molecule has 1 fully saturated rings. The van der Waals surface area contributed by atoms with Crippen LogP contribution in [0.2, 0.25) is 5.02 Å². The maximum atomic E-state index is 11.0. The first kappa shape index (κ1) is 14.1. The number of aliphatic hydroxyl groups excluding tert-OH is 1. The van der Waals surface area contributed by atoms with E-state index in [1.165, 1.54) is 12.1 Å². The van der Waals surface area contributed by atoms with Gasteiger partial charge in [0.05, 0.1) is 11.0 Å². The zero-order valence-electron chi connectivity index (χ0n) is 10.4. The summed E-state index contributed by atoms with van der Waals surface area (Å²) in [6.07, 6.45) is 3.40. The molecule has 1 aromatic rings. The van der Waals surface area contributed by atoms with E-state index in [4.69, 9.17) is 16.3 Å². The van der Waals surface area contributed by atoms with Gasteiger partial charge in [-0.3, -0.25) is 10.1 Å². The summed E-state index contributed by atoms with van der Waals surface area (Å²) in [5.74, 6) is 0.167. The fraction of sp³-hybridized carbons (Fsp3) is 0.538. The Hall–Kier alpha value is -1.33. The van der Waals surface area contributed by atoms with Crippen molar-refractivity contribution < 1.29 is 14.8 Å². The van der Waals surface area contributed by atoms with E-state index < -0.39 is 11.0 Å². The highest BCUT2D eigenvalue weighted by Crippen LogP contribution is 2.32. The summed E-state index contributed by atoms with van der Waals surface area (Å²) in [6, 6.07) is 4.30. The average Bonchev–Trinajstić information content (AvgIpc) is 2.57. The zero-order chi connectivity index (χ0) is 13.8. The Labute approximate surface area is 116 Å². The summed E-state index contributed by atoms with van der Waals surface area (Å²) < 4.78 is 5.64. The number of benzene rings is 1. The Morgan fingerprint density at radius 2 is 2.05 bits per heavy atom. The van der Waals surface area contributed by atoms with Crippen LogP contribution in [0.25, 0.3) is 0 Å². The van der Waals surface area contributed by atoms with Gasteiger partial charge in [0, 0.05) is 11.1 Å². The molecule has 1 aromatic carbocycles. The van der Waals surface area contributed by atoms with E-state index in [0.29, 0.717) is 17.9 Å². The molecule has 2 atom stereocenters. The second-order valence-corrected chi connectivity index (χ2v) is 5.17. The first-order chi connectivity index (χ1) is 9.08. The van der Waals surface area contributed by atoms with E-state index in [9.17, 15) is 15.2 Å². The molecular formula is C13H16ClNO4. The zero-order valence-corrected chi connectivity index (χ0v) is 11.2. The third-order valence-corrected chi connectivity index (χ3v) is 3.55. The highest BCUT2D eigenvalue weighted by Gasteiger charge is 2.26. The lowest BCUT2D eigenvalue weighted by molar-refractivity contribution is -0.386. The van der Waals surface area contributed by atoms with Crippen LogP contribution in [-0.4, -0.2) is 22.2 Å². The lowest BCUT2D eigenvalue weighted by Crippen LogP contribution is -2.30. The minimum absolute atomic E-state index is 0.163. The van der Waals surface area contributed by atoms with Crippen LogP contribution in [0.1, 0.15) is 32.1 Å². The smallest absolute Gasteiger partial charge is 0.312 e. The molecule has 104 valence electrons. The predicted molar refractivity (Wildman–Crippen MR) is 71.6 cm³/mol. The van der Waals surface area contributed by atoms with Gasteiger partial charge in [0.15, 0.2) is 5.75 Å². The molecule has 0 bridgehead atoms. The van der Waals surface area contributed by atoms with Gasteiger partial charge in [-0.25, -0.2) is 0 Å². The number of aliphatic hydroxyl groups is 1.